The zero-order valence-corrected chi connectivity index (χ0v) is 24.2. The molecule has 1 aliphatic carbocycles. The fourth-order valence-corrected chi connectivity index (χ4v) is 6.38. The van der Waals surface area contributed by atoms with Crippen molar-refractivity contribution in [2.75, 3.05) is 81.7 Å². The van der Waals surface area contributed by atoms with Crippen LogP contribution in [-0.4, -0.2) is 121 Å². The van der Waals surface area contributed by atoms with Crippen LogP contribution < -0.4 is 4.74 Å². The molecule has 0 aromatic heterocycles. The quantitative estimate of drug-likeness (QED) is 0.343. The maximum atomic E-state index is 13.1. The van der Waals surface area contributed by atoms with E-state index in [9.17, 15) is 13.2 Å². The molecule has 2 rings (SSSR count). The number of aryl methyl sites for hydroxylation is 2. The number of hydrogen-bond donors (Lipinski definition) is 0. The van der Waals surface area contributed by atoms with Crippen LogP contribution in [0.1, 0.15) is 30.4 Å². The van der Waals surface area contributed by atoms with Gasteiger partial charge in [-0.1, -0.05) is 0 Å². The van der Waals surface area contributed by atoms with Crippen LogP contribution in [0.5, 0.6) is 5.75 Å². The first-order valence-corrected chi connectivity index (χ1v) is 14.1. The fraction of sp³-hybridized carbons (Fsp3) is 0.731. The van der Waals surface area contributed by atoms with Gasteiger partial charge in [-0.3, -0.25) is 4.79 Å². The van der Waals surface area contributed by atoms with Gasteiger partial charge in [-0.2, -0.15) is 4.31 Å². The van der Waals surface area contributed by atoms with Gasteiger partial charge in [0.1, 0.15) is 12.4 Å². The second-order valence-electron chi connectivity index (χ2n) is 10.4. The molecule has 1 amide bonds. The molecular formula is C26H46N4O5S. The Hall–Kier alpha value is -1.72. The summed E-state index contributed by atoms with van der Waals surface area (Å²) in [5, 5.41) is 0. The van der Waals surface area contributed by atoms with E-state index in [4.69, 9.17) is 9.47 Å². The highest BCUT2D eigenvalue weighted by atomic mass is 32.2. The van der Waals surface area contributed by atoms with Crippen molar-refractivity contribution >= 4 is 15.9 Å². The molecule has 0 N–H and O–H groups in total. The summed E-state index contributed by atoms with van der Waals surface area (Å²) in [5.74, 6) is 1.05. The number of rotatable bonds is 14. The molecule has 1 aromatic carbocycles. The minimum atomic E-state index is -3.68. The number of carbonyl (C=O) groups excluding carboxylic acids is 1. The Morgan fingerprint density at radius 1 is 1.00 bits per heavy atom. The first-order chi connectivity index (χ1) is 16.9. The molecule has 0 bridgehead atoms. The Morgan fingerprint density at radius 2 is 1.64 bits per heavy atom. The van der Waals surface area contributed by atoms with E-state index in [1.54, 1.807) is 38.0 Å². The zero-order valence-electron chi connectivity index (χ0n) is 23.4. The summed E-state index contributed by atoms with van der Waals surface area (Å²) in [6, 6.07) is 4.01. The summed E-state index contributed by atoms with van der Waals surface area (Å²) in [5.41, 5.74) is 1.27. The second kappa shape index (κ2) is 13.7. The van der Waals surface area contributed by atoms with Gasteiger partial charge < -0.3 is 24.2 Å². The molecule has 1 saturated carbocycles. The molecule has 10 heteroatoms. The van der Waals surface area contributed by atoms with Gasteiger partial charge in [-0.25, -0.2) is 8.42 Å². The lowest BCUT2D eigenvalue weighted by Gasteiger charge is -2.26. The van der Waals surface area contributed by atoms with E-state index >= 15 is 0 Å². The van der Waals surface area contributed by atoms with E-state index in [1.807, 2.05) is 7.05 Å². The predicted octanol–water partition coefficient (Wildman–Crippen LogP) is 2.07. The molecular weight excluding hydrogens is 480 g/mol. The molecule has 1 aliphatic rings. The number of benzene rings is 1. The molecule has 9 nitrogen and oxygen atoms in total. The molecule has 0 unspecified atom stereocenters. The average Bonchev–Trinajstić information content (AvgIpc) is 3.27. The number of likely N-dealkylation sites (N-methyl/N-ethyl adjacent to an activating group) is 4. The summed E-state index contributed by atoms with van der Waals surface area (Å²) < 4.78 is 38.3. The van der Waals surface area contributed by atoms with Crippen LogP contribution in [0.2, 0.25) is 0 Å². The monoisotopic (exact) mass is 526 g/mol. The van der Waals surface area contributed by atoms with Crippen molar-refractivity contribution in [3.05, 3.63) is 23.3 Å². The van der Waals surface area contributed by atoms with Crippen molar-refractivity contribution in [3.8, 4) is 5.75 Å². The molecule has 0 aliphatic heterocycles. The maximum Gasteiger partial charge on any atom is 0.248 e. The summed E-state index contributed by atoms with van der Waals surface area (Å²) in [7, 11) is 7.59. The van der Waals surface area contributed by atoms with E-state index < -0.39 is 10.0 Å². The van der Waals surface area contributed by atoms with Crippen LogP contribution in [0.15, 0.2) is 17.0 Å². The number of amides is 1. The van der Waals surface area contributed by atoms with Crippen molar-refractivity contribution in [1.29, 1.82) is 0 Å². The predicted molar refractivity (Wildman–Crippen MR) is 143 cm³/mol. The lowest BCUT2D eigenvalue weighted by molar-refractivity contribution is -0.135. The van der Waals surface area contributed by atoms with Gasteiger partial charge in [0.25, 0.3) is 0 Å². The average molecular weight is 527 g/mol. The van der Waals surface area contributed by atoms with Crippen molar-refractivity contribution in [2.24, 2.45) is 5.92 Å². The molecule has 206 valence electrons. The summed E-state index contributed by atoms with van der Waals surface area (Å²) >= 11 is 0. The topological polar surface area (TPSA) is 82.6 Å². The third-order valence-electron chi connectivity index (χ3n) is 7.11. The Bertz CT molecular complexity index is 946. The van der Waals surface area contributed by atoms with E-state index in [-0.39, 0.29) is 30.6 Å². The molecule has 2 atom stereocenters. The standard InChI is InChI=1S/C26H46N4O5S/c1-20-15-24(34-8)16-21(2)26(20)36(32,33)30(7)13-14-35-19-25(31)29(6)18-22-9-10-23(17-22)28(5)12-11-27(3)4/h15-16,22-23H,9-14,17-19H2,1-8H3/t22-,23+/m1/s1. The summed E-state index contributed by atoms with van der Waals surface area (Å²) in [6.07, 6.45) is 3.40. The highest BCUT2D eigenvalue weighted by Gasteiger charge is 2.29. The maximum absolute atomic E-state index is 13.1. The van der Waals surface area contributed by atoms with Crippen molar-refractivity contribution in [2.45, 2.75) is 44.0 Å². The van der Waals surface area contributed by atoms with E-state index in [0.717, 1.165) is 32.5 Å². The first-order valence-electron chi connectivity index (χ1n) is 12.6. The normalized spacial score (nSPS) is 18.4. The van der Waals surface area contributed by atoms with Crippen LogP contribution >= 0.6 is 0 Å². The molecule has 1 aromatic rings. The van der Waals surface area contributed by atoms with E-state index in [2.05, 4.69) is 30.9 Å². The van der Waals surface area contributed by atoms with Gasteiger partial charge in [-0.15, -0.1) is 0 Å². The number of carbonyl (C=O) groups is 1. The number of nitrogens with zero attached hydrogens (tertiary/aromatic N) is 4. The highest BCUT2D eigenvalue weighted by molar-refractivity contribution is 7.89. The minimum absolute atomic E-state index is 0.0517. The van der Waals surface area contributed by atoms with Crippen molar-refractivity contribution < 1.29 is 22.7 Å². The van der Waals surface area contributed by atoms with Gasteiger partial charge in [0.2, 0.25) is 15.9 Å². The first kappa shape index (κ1) is 30.5. The van der Waals surface area contributed by atoms with Gasteiger partial charge >= 0.3 is 0 Å². The Labute approximate surface area is 218 Å². The number of ether oxygens (including phenoxy) is 2. The van der Waals surface area contributed by atoms with Crippen LogP contribution in [0.25, 0.3) is 0 Å². The van der Waals surface area contributed by atoms with Crippen LogP contribution in [-0.2, 0) is 19.6 Å². The molecule has 0 saturated heterocycles. The Kier molecular flexibility index (Phi) is 11.6. The second-order valence-corrected chi connectivity index (χ2v) is 12.3. The van der Waals surface area contributed by atoms with Crippen molar-refractivity contribution in [3.63, 3.8) is 0 Å². The fourth-order valence-electron chi connectivity index (χ4n) is 4.82. The van der Waals surface area contributed by atoms with Crippen LogP contribution in [0, 0.1) is 19.8 Å². The van der Waals surface area contributed by atoms with Gasteiger partial charge in [0.15, 0.2) is 0 Å². The summed E-state index contributed by atoms with van der Waals surface area (Å²) in [6.45, 7) is 6.59. The van der Waals surface area contributed by atoms with E-state index in [0.29, 0.717) is 28.8 Å². The third kappa shape index (κ3) is 8.41. The third-order valence-corrected chi connectivity index (χ3v) is 9.27. The van der Waals surface area contributed by atoms with Crippen LogP contribution in [0.4, 0.5) is 0 Å². The lowest BCUT2D eigenvalue weighted by atomic mass is 10.1. The summed E-state index contributed by atoms with van der Waals surface area (Å²) in [4.78, 5) is 19.2. The van der Waals surface area contributed by atoms with Gasteiger partial charge in [-0.05, 0) is 83.4 Å². The lowest BCUT2D eigenvalue weighted by Crippen LogP contribution is -2.37. The smallest absolute Gasteiger partial charge is 0.248 e. The SMILES string of the molecule is COc1cc(C)c(S(=O)(=O)N(C)CCOCC(=O)N(C)C[C@@H]2CC[C@H](N(C)CCN(C)C)C2)c(C)c1. The van der Waals surface area contributed by atoms with Crippen molar-refractivity contribution in [1.82, 2.24) is 19.0 Å². The number of hydrogen-bond acceptors (Lipinski definition) is 7. The highest BCUT2D eigenvalue weighted by Crippen LogP contribution is 2.29. The number of sulfonamides is 1. The molecule has 0 spiro atoms. The minimum Gasteiger partial charge on any atom is -0.497 e. The largest absolute Gasteiger partial charge is 0.497 e. The number of methoxy groups -OCH3 is 1. The Balaban J connectivity index is 1.76. The van der Waals surface area contributed by atoms with Crippen LogP contribution in [0.3, 0.4) is 0 Å². The Morgan fingerprint density at radius 3 is 2.22 bits per heavy atom. The molecule has 36 heavy (non-hydrogen) atoms. The van der Waals surface area contributed by atoms with E-state index in [1.165, 1.54) is 17.8 Å². The van der Waals surface area contributed by atoms with Gasteiger partial charge in [0, 0.05) is 46.3 Å². The molecule has 0 heterocycles. The zero-order chi connectivity index (χ0) is 27.0. The van der Waals surface area contributed by atoms with Gasteiger partial charge in [0.05, 0.1) is 18.6 Å². The molecule has 1 fully saturated rings. The molecule has 0 radical (unpaired) electrons.